The van der Waals surface area contributed by atoms with Gasteiger partial charge in [-0.05, 0) is 31.7 Å². The highest BCUT2D eigenvalue weighted by atomic mass is 16.5. The molecule has 156 valence electrons. The molecule has 2 saturated carbocycles. The highest BCUT2D eigenvalue weighted by Gasteiger charge is 2.44. The third-order valence-corrected chi connectivity index (χ3v) is 6.29. The summed E-state index contributed by atoms with van der Waals surface area (Å²) < 4.78 is 15.7. The van der Waals surface area contributed by atoms with Gasteiger partial charge in [0.05, 0.1) is 42.3 Å². The minimum absolute atomic E-state index is 0.143. The number of ether oxygens (including phenoxy) is 2. The number of nitrogens with zero attached hydrogens (tertiary/aromatic N) is 5. The molecule has 0 bridgehead atoms. The van der Waals surface area contributed by atoms with E-state index in [0.717, 1.165) is 48.2 Å². The van der Waals surface area contributed by atoms with Gasteiger partial charge >= 0.3 is 0 Å². The first-order chi connectivity index (χ1) is 15.2. The van der Waals surface area contributed by atoms with Crippen molar-refractivity contribution < 1.29 is 9.47 Å². The lowest BCUT2D eigenvalue weighted by atomic mass is 9.82. The molecule has 2 N–H and O–H groups in total. The molecule has 1 aromatic carbocycles. The Morgan fingerprint density at radius 1 is 1.26 bits per heavy atom. The van der Waals surface area contributed by atoms with Crippen molar-refractivity contribution in [1.29, 1.82) is 5.26 Å². The van der Waals surface area contributed by atoms with Crippen LogP contribution in [-0.4, -0.2) is 26.4 Å². The van der Waals surface area contributed by atoms with Gasteiger partial charge in [-0.25, -0.2) is 9.67 Å². The zero-order valence-electron chi connectivity index (χ0n) is 17.2. The van der Waals surface area contributed by atoms with E-state index >= 15 is 0 Å². The van der Waals surface area contributed by atoms with Crippen molar-refractivity contribution in [3.8, 4) is 23.4 Å². The number of hydrogen-bond acceptors (Lipinski definition) is 6. The van der Waals surface area contributed by atoms with Crippen LogP contribution in [-0.2, 0) is 0 Å². The van der Waals surface area contributed by atoms with Crippen molar-refractivity contribution in [3.63, 3.8) is 0 Å². The Labute approximate surface area is 179 Å². The molecule has 0 saturated heterocycles. The molecule has 1 aliphatic heterocycles. The fraction of sp³-hybridized carbons (Fsp3) is 0.348. The molecule has 3 aromatic rings. The summed E-state index contributed by atoms with van der Waals surface area (Å²) in [6.07, 6.45) is 9.75. The van der Waals surface area contributed by atoms with Gasteiger partial charge in [0.2, 0.25) is 11.8 Å². The molecule has 1 atom stereocenters. The van der Waals surface area contributed by atoms with Crippen LogP contribution in [0.4, 0.5) is 0 Å². The van der Waals surface area contributed by atoms with E-state index in [2.05, 4.69) is 11.1 Å². The van der Waals surface area contributed by atoms with E-state index in [0.29, 0.717) is 29.2 Å². The second-order valence-electron chi connectivity index (χ2n) is 8.38. The van der Waals surface area contributed by atoms with Crippen molar-refractivity contribution in [3.05, 3.63) is 65.2 Å². The topological polar surface area (TPSA) is 104 Å². The Bertz CT molecular complexity index is 1240. The molecule has 2 aliphatic carbocycles. The summed E-state index contributed by atoms with van der Waals surface area (Å²) in [6.45, 7) is 0. The molecule has 0 spiro atoms. The molecule has 3 heterocycles. The van der Waals surface area contributed by atoms with Gasteiger partial charge in [0, 0.05) is 29.9 Å². The van der Waals surface area contributed by atoms with Gasteiger partial charge in [0.25, 0.3) is 0 Å². The zero-order valence-corrected chi connectivity index (χ0v) is 17.2. The monoisotopic (exact) mass is 414 g/mol. The zero-order chi connectivity index (χ0) is 21.1. The largest absolute Gasteiger partial charge is 0.496 e. The van der Waals surface area contributed by atoms with Crippen LogP contribution in [0.25, 0.3) is 5.69 Å². The summed E-state index contributed by atoms with van der Waals surface area (Å²) in [4.78, 5) is 4.12. The number of nitrogens with two attached hydrogens (primary N) is 1. The van der Waals surface area contributed by atoms with E-state index in [1.165, 1.54) is 0 Å². The number of imidazole rings is 1. The van der Waals surface area contributed by atoms with Gasteiger partial charge in [-0.3, -0.25) is 0 Å². The standard InChI is InChI=1S/C23H22N6O2/c1-30-18-10-15(28-9-8-26-12-28)6-7-16(18)19-17(11-24)22(25)31-23-20(19)21(13-2-3-13)27-29(23)14-4-5-14/h6-10,12-14,19H,2-5,25H2,1H3. The summed E-state index contributed by atoms with van der Waals surface area (Å²) in [7, 11) is 1.64. The van der Waals surface area contributed by atoms with Crippen LogP contribution >= 0.6 is 0 Å². The quantitative estimate of drug-likeness (QED) is 0.685. The number of allylic oxidation sites excluding steroid dienone is 1. The lowest BCUT2D eigenvalue weighted by Crippen LogP contribution is -2.22. The lowest BCUT2D eigenvalue weighted by Gasteiger charge is -2.26. The van der Waals surface area contributed by atoms with E-state index in [1.807, 2.05) is 33.6 Å². The van der Waals surface area contributed by atoms with Crippen LogP contribution in [0.1, 0.15) is 60.4 Å². The van der Waals surface area contributed by atoms with Gasteiger partial charge in [0.1, 0.15) is 17.4 Å². The van der Waals surface area contributed by atoms with Gasteiger partial charge in [-0.1, -0.05) is 6.07 Å². The normalized spacial score (nSPS) is 20.2. The first kappa shape index (κ1) is 18.1. The minimum Gasteiger partial charge on any atom is -0.496 e. The number of fused-ring (bicyclic) bond motifs is 1. The highest BCUT2D eigenvalue weighted by molar-refractivity contribution is 5.61. The molecule has 2 aromatic heterocycles. The molecule has 0 amide bonds. The number of rotatable bonds is 5. The van der Waals surface area contributed by atoms with Crippen molar-refractivity contribution in [2.75, 3.05) is 7.11 Å². The Morgan fingerprint density at radius 2 is 2.10 bits per heavy atom. The average Bonchev–Trinajstić information content (AvgIpc) is 3.72. The highest BCUT2D eigenvalue weighted by Crippen LogP contribution is 2.54. The molecule has 1 unspecified atom stereocenters. The summed E-state index contributed by atoms with van der Waals surface area (Å²) >= 11 is 0. The summed E-state index contributed by atoms with van der Waals surface area (Å²) in [5.41, 5.74) is 10.5. The van der Waals surface area contributed by atoms with Crippen LogP contribution in [0.5, 0.6) is 11.6 Å². The molecule has 8 heteroatoms. The van der Waals surface area contributed by atoms with E-state index < -0.39 is 0 Å². The Morgan fingerprint density at radius 3 is 2.74 bits per heavy atom. The van der Waals surface area contributed by atoms with E-state index in [1.54, 1.807) is 19.6 Å². The maximum atomic E-state index is 10.0. The minimum atomic E-state index is -0.372. The number of hydrogen-bond donors (Lipinski definition) is 1. The number of nitriles is 1. The molecule has 8 nitrogen and oxygen atoms in total. The lowest BCUT2D eigenvalue weighted by molar-refractivity contribution is 0.346. The van der Waals surface area contributed by atoms with E-state index in [-0.39, 0.29) is 11.8 Å². The first-order valence-corrected chi connectivity index (χ1v) is 10.6. The van der Waals surface area contributed by atoms with Crippen molar-refractivity contribution in [1.82, 2.24) is 19.3 Å². The van der Waals surface area contributed by atoms with Crippen molar-refractivity contribution >= 4 is 0 Å². The maximum absolute atomic E-state index is 10.0. The van der Waals surface area contributed by atoms with Crippen molar-refractivity contribution in [2.24, 2.45) is 5.73 Å². The summed E-state index contributed by atoms with van der Waals surface area (Å²) in [6, 6.07) is 8.61. The second-order valence-corrected chi connectivity index (χ2v) is 8.38. The number of benzene rings is 1. The first-order valence-electron chi connectivity index (χ1n) is 10.6. The van der Waals surface area contributed by atoms with Gasteiger partial charge in [-0.15, -0.1) is 0 Å². The van der Waals surface area contributed by atoms with Crippen LogP contribution in [0.2, 0.25) is 0 Å². The summed E-state index contributed by atoms with van der Waals surface area (Å²) in [5.74, 6) is 1.56. The van der Waals surface area contributed by atoms with Gasteiger partial charge < -0.3 is 19.8 Å². The van der Waals surface area contributed by atoms with Crippen LogP contribution < -0.4 is 15.2 Å². The maximum Gasteiger partial charge on any atom is 0.224 e. The SMILES string of the molecule is COc1cc(-n2ccnc2)ccc1C1C(C#N)=C(N)Oc2c1c(C1CC1)nn2C1CC1. The predicted molar refractivity (Wildman–Crippen MR) is 112 cm³/mol. The molecule has 31 heavy (non-hydrogen) atoms. The summed E-state index contributed by atoms with van der Waals surface area (Å²) in [5, 5.41) is 15.0. The fourth-order valence-electron chi connectivity index (χ4n) is 4.43. The molecular formula is C23H22N6O2. The van der Waals surface area contributed by atoms with Crippen LogP contribution in [0.3, 0.4) is 0 Å². The Hall–Kier alpha value is -3.73. The van der Waals surface area contributed by atoms with Crippen molar-refractivity contribution in [2.45, 2.75) is 43.6 Å². The molecular weight excluding hydrogens is 392 g/mol. The molecule has 2 fully saturated rings. The Balaban J connectivity index is 1.56. The third kappa shape index (κ3) is 2.81. The third-order valence-electron chi connectivity index (χ3n) is 6.29. The van der Waals surface area contributed by atoms with Crippen LogP contribution in [0.15, 0.2) is 48.4 Å². The van der Waals surface area contributed by atoms with E-state index in [4.69, 9.17) is 20.3 Å². The fourth-order valence-corrected chi connectivity index (χ4v) is 4.43. The predicted octanol–water partition coefficient (Wildman–Crippen LogP) is 3.51. The van der Waals surface area contributed by atoms with Crippen LogP contribution in [0, 0.1) is 11.3 Å². The van der Waals surface area contributed by atoms with E-state index in [9.17, 15) is 5.26 Å². The smallest absolute Gasteiger partial charge is 0.224 e. The number of methoxy groups -OCH3 is 1. The van der Waals surface area contributed by atoms with Gasteiger partial charge in [0.15, 0.2) is 0 Å². The molecule has 3 aliphatic rings. The molecule has 6 rings (SSSR count). The second kappa shape index (κ2) is 6.64. The Kier molecular flexibility index (Phi) is 3.87. The molecule has 0 radical (unpaired) electrons. The average molecular weight is 414 g/mol. The van der Waals surface area contributed by atoms with Gasteiger partial charge in [-0.2, -0.15) is 10.4 Å². The number of aromatic nitrogens is 4.